The summed E-state index contributed by atoms with van der Waals surface area (Å²) in [5, 5.41) is 0. The van der Waals surface area contributed by atoms with Gasteiger partial charge in [0.2, 0.25) is 0 Å². The van der Waals surface area contributed by atoms with Crippen molar-refractivity contribution in [3.63, 3.8) is 0 Å². The number of rotatable bonds is 4. The molecule has 0 heterocycles. The van der Waals surface area contributed by atoms with Crippen LogP contribution in [0, 0.1) is 29.6 Å². The van der Waals surface area contributed by atoms with E-state index in [2.05, 4.69) is 61.5 Å². The Bertz CT molecular complexity index is 324. The molecule has 0 aromatic heterocycles. The fourth-order valence-electron chi connectivity index (χ4n) is 3.17. The molecule has 0 spiro atoms. The van der Waals surface area contributed by atoms with Gasteiger partial charge in [-0.1, -0.05) is 72.6 Å². The zero-order valence-electron chi connectivity index (χ0n) is 13.0. The second-order valence-electron chi connectivity index (χ2n) is 6.74. The van der Waals surface area contributed by atoms with Crippen LogP contribution in [-0.4, -0.2) is 0 Å². The predicted octanol–water partition coefficient (Wildman–Crippen LogP) is 5.46. The van der Waals surface area contributed by atoms with Gasteiger partial charge in [-0.3, -0.25) is 0 Å². The van der Waals surface area contributed by atoms with E-state index in [1.165, 1.54) is 0 Å². The standard InChI is InChI=1S/C17H30/c1-10(2)14-9-15(11(3)4)17(13(7)8)16(14)12(5)6/h9-13,16H,1-8H3. The molecule has 1 aliphatic rings. The summed E-state index contributed by atoms with van der Waals surface area (Å²) in [7, 11) is 0. The first kappa shape index (κ1) is 14.5. The predicted molar refractivity (Wildman–Crippen MR) is 78.0 cm³/mol. The van der Waals surface area contributed by atoms with Crippen molar-refractivity contribution in [2.75, 3.05) is 0 Å². The van der Waals surface area contributed by atoms with E-state index in [1.807, 2.05) is 0 Å². The number of allylic oxidation sites excluding steroid dienone is 4. The first-order valence-electron chi connectivity index (χ1n) is 7.22. The molecular formula is C17H30. The molecule has 0 amide bonds. The summed E-state index contributed by atoms with van der Waals surface area (Å²) in [5.41, 5.74) is 4.98. The zero-order valence-corrected chi connectivity index (χ0v) is 13.0. The molecule has 98 valence electrons. The Morgan fingerprint density at radius 2 is 1.29 bits per heavy atom. The molecule has 0 saturated carbocycles. The molecule has 1 atom stereocenters. The third-order valence-corrected chi connectivity index (χ3v) is 3.93. The van der Waals surface area contributed by atoms with Crippen LogP contribution >= 0.6 is 0 Å². The van der Waals surface area contributed by atoms with E-state index in [4.69, 9.17) is 0 Å². The Hall–Kier alpha value is -0.520. The Kier molecular flexibility index (Phi) is 4.63. The van der Waals surface area contributed by atoms with Gasteiger partial charge in [0.25, 0.3) is 0 Å². The Balaban J connectivity index is 3.25. The molecule has 1 unspecified atom stereocenters. The van der Waals surface area contributed by atoms with Crippen LogP contribution in [0.4, 0.5) is 0 Å². The minimum absolute atomic E-state index is 0.657. The second-order valence-corrected chi connectivity index (χ2v) is 6.74. The number of hydrogen-bond acceptors (Lipinski definition) is 0. The van der Waals surface area contributed by atoms with Crippen LogP contribution in [0.15, 0.2) is 22.8 Å². The van der Waals surface area contributed by atoms with Gasteiger partial charge in [0.05, 0.1) is 0 Å². The lowest BCUT2D eigenvalue weighted by Crippen LogP contribution is -2.18. The minimum atomic E-state index is 0.657. The Morgan fingerprint density at radius 1 is 0.765 bits per heavy atom. The fraction of sp³-hybridized carbons (Fsp3) is 0.765. The summed E-state index contributed by atoms with van der Waals surface area (Å²) in [5.74, 6) is 3.41. The number of hydrogen-bond donors (Lipinski definition) is 0. The average Bonchev–Trinajstić information content (AvgIpc) is 2.56. The van der Waals surface area contributed by atoms with Crippen molar-refractivity contribution in [1.82, 2.24) is 0 Å². The molecule has 1 rings (SSSR count). The van der Waals surface area contributed by atoms with Gasteiger partial charge in [-0.2, -0.15) is 0 Å². The van der Waals surface area contributed by atoms with Crippen molar-refractivity contribution >= 4 is 0 Å². The first-order chi connectivity index (χ1) is 7.77. The van der Waals surface area contributed by atoms with E-state index >= 15 is 0 Å². The van der Waals surface area contributed by atoms with Gasteiger partial charge >= 0.3 is 0 Å². The van der Waals surface area contributed by atoms with Crippen LogP contribution in [0.1, 0.15) is 55.4 Å². The van der Waals surface area contributed by atoms with E-state index in [1.54, 1.807) is 16.7 Å². The molecule has 0 bridgehead atoms. The van der Waals surface area contributed by atoms with Crippen molar-refractivity contribution in [1.29, 1.82) is 0 Å². The van der Waals surface area contributed by atoms with Gasteiger partial charge in [0.1, 0.15) is 0 Å². The Morgan fingerprint density at radius 3 is 1.59 bits per heavy atom. The van der Waals surface area contributed by atoms with E-state index in [9.17, 15) is 0 Å². The highest BCUT2D eigenvalue weighted by molar-refractivity contribution is 5.45. The van der Waals surface area contributed by atoms with E-state index in [-0.39, 0.29) is 0 Å². The summed E-state index contributed by atoms with van der Waals surface area (Å²) >= 11 is 0. The molecule has 0 heteroatoms. The average molecular weight is 234 g/mol. The van der Waals surface area contributed by atoms with Crippen molar-refractivity contribution in [3.8, 4) is 0 Å². The van der Waals surface area contributed by atoms with Crippen LogP contribution < -0.4 is 0 Å². The summed E-state index contributed by atoms with van der Waals surface area (Å²) in [6, 6.07) is 0. The molecule has 17 heavy (non-hydrogen) atoms. The highest BCUT2D eigenvalue weighted by atomic mass is 14.4. The van der Waals surface area contributed by atoms with Gasteiger partial charge in [0, 0.05) is 5.92 Å². The lowest BCUT2D eigenvalue weighted by atomic mass is 9.76. The lowest BCUT2D eigenvalue weighted by molar-refractivity contribution is 0.438. The van der Waals surface area contributed by atoms with Gasteiger partial charge in [0.15, 0.2) is 0 Å². The molecular weight excluding hydrogens is 204 g/mol. The monoisotopic (exact) mass is 234 g/mol. The van der Waals surface area contributed by atoms with Crippen molar-refractivity contribution in [2.24, 2.45) is 29.6 Å². The summed E-state index contributed by atoms with van der Waals surface area (Å²) in [6.45, 7) is 18.8. The van der Waals surface area contributed by atoms with Crippen LogP contribution in [0.2, 0.25) is 0 Å². The second kappa shape index (κ2) is 5.42. The van der Waals surface area contributed by atoms with E-state index in [0.29, 0.717) is 23.7 Å². The van der Waals surface area contributed by atoms with E-state index < -0.39 is 0 Å². The zero-order chi connectivity index (χ0) is 13.3. The summed E-state index contributed by atoms with van der Waals surface area (Å²) in [6.07, 6.45) is 2.51. The maximum atomic E-state index is 2.51. The molecule has 0 radical (unpaired) electrons. The van der Waals surface area contributed by atoms with Crippen LogP contribution in [0.5, 0.6) is 0 Å². The van der Waals surface area contributed by atoms with Crippen LogP contribution in [-0.2, 0) is 0 Å². The molecule has 0 fully saturated rings. The van der Waals surface area contributed by atoms with Crippen molar-refractivity contribution < 1.29 is 0 Å². The molecule has 0 aromatic rings. The van der Waals surface area contributed by atoms with Crippen LogP contribution in [0.25, 0.3) is 0 Å². The molecule has 0 N–H and O–H groups in total. The lowest BCUT2D eigenvalue weighted by Gasteiger charge is -2.28. The molecule has 0 saturated heterocycles. The van der Waals surface area contributed by atoms with E-state index in [0.717, 1.165) is 5.92 Å². The molecule has 0 aliphatic heterocycles. The molecule has 1 aliphatic carbocycles. The Labute approximate surface area is 108 Å². The third kappa shape index (κ3) is 2.84. The highest BCUT2D eigenvalue weighted by Crippen LogP contribution is 2.45. The highest BCUT2D eigenvalue weighted by Gasteiger charge is 2.33. The van der Waals surface area contributed by atoms with Gasteiger partial charge in [-0.25, -0.2) is 0 Å². The fourth-order valence-corrected chi connectivity index (χ4v) is 3.17. The quantitative estimate of drug-likeness (QED) is 0.605. The summed E-state index contributed by atoms with van der Waals surface area (Å²) in [4.78, 5) is 0. The molecule has 0 nitrogen and oxygen atoms in total. The normalized spacial score (nSPS) is 21.4. The van der Waals surface area contributed by atoms with Gasteiger partial charge < -0.3 is 0 Å². The smallest absolute Gasteiger partial charge is 0.00442 e. The maximum Gasteiger partial charge on any atom is 0.00442 e. The summed E-state index contributed by atoms with van der Waals surface area (Å²) < 4.78 is 0. The van der Waals surface area contributed by atoms with Crippen molar-refractivity contribution in [2.45, 2.75) is 55.4 Å². The third-order valence-electron chi connectivity index (χ3n) is 3.93. The molecule has 0 aromatic carbocycles. The first-order valence-corrected chi connectivity index (χ1v) is 7.22. The van der Waals surface area contributed by atoms with Gasteiger partial charge in [-0.15, -0.1) is 0 Å². The topological polar surface area (TPSA) is 0 Å². The SMILES string of the molecule is CC(C)C1=CC(C(C)C)=C(C(C)C)C1C(C)C. The van der Waals surface area contributed by atoms with Crippen LogP contribution in [0.3, 0.4) is 0 Å². The minimum Gasteiger partial charge on any atom is -0.0619 e. The van der Waals surface area contributed by atoms with Crippen molar-refractivity contribution in [3.05, 3.63) is 22.8 Å². The van der Waals surface area contributed by atoms with Gasteiger partial charge in [-0.05, 0) is 29.2 Å². The maximum absolute atomic E-state index is 2.51. The largest absolute Gasteiger partial charge is 0.0619 e.